The normalized spacial score (nSPS) is 15.1. The first-order valence-electron chi connectivity index (χ1n) is 9.59. The quantitative estimate of drug-likeness (QED) is 0.747. The summed E-state index contributed by atoms with van der Waals surface area (Å²) in [6, 6.07) is 8.92. The number of hydrogen-bond donors (Lipinski definition) is 2. The summed E-state index contributed by atoms with van der Waals surface area (Å²) in [4.78, 5) is 25.9. The fourth-order valence-electron chi connectivity index (χ4n) is 3.24. The summed E-state index contributed by atoms with van der Waals surface area (Å²) >= 11 is 0. The third-order valence-electron chi connectivity index (χ3n) is 4.95. The summed E-state index contributed by atoms with van der Waals surface area (Å²) in [5, 5.41) is 8.33. The van der Waals surface area contributed by atoms with Gasteiger partial charge in [0, 0.05) is 24.7 Å². The lowest BCUT2D eigenvalue weighted by Crippen LogP contribution is -2.40. The Morgan fingerprint density at radius 2 is 1.90 bits per heavy atom. The maximum absolute atomic E-state index is 12.4. The second-order valence-electron chi connectivity index (χ2n) is 7.26. The van der Waals surface area contributed by atoms with E-state index in [4.69, 9.17) is 4.74 Å². The lowest BCUT2D eigenvalue weighted by atomic mass is 9.93. The Balaban J connectivity index is 1.46. The standard InChI is InChI=1S/C20H23F3N4O3/c1-13-2-4-15(5-3-13)30-11-18(28)27-8-6-14(7-9-27)16-10-17(26-25-16)19(29)24-12-20(21,22)23/h2-5,10,14H,6-9,11-12H2,1H3,(H,24,29)(H,25,26). The highest BCUT2D eigenvalue weighted by Crippen LogP contribution is 2.27. The predicted octanol–water partition coefficient (Wildman–Crippen LogP) is 2.80. The summed E-state index contributed by atoms with van der Waals surface area (Å²) < 4.78 is 42.2. The molecule has 7 nitrogen and oxygen atoms in total. The van der Waals surface area contributed by atoms with Gasteiger partial charge in [0.25, 0.3) is 11.8 Å². The van der Waals surface area contributed by atoms with Gasteiger partial charge in [0.15, 0.2) is 6.61 Å². The van der Waals surface area contributed by atoms with Gasteiger partial charge in [0.1, 0.15) is 18.0 Å². The third kappa shape index (κ3) is 5.98. The van der Waals surface area contributed by atoms with Gasteiger partial charge in [-0.15, -0.1) is 0 Å². The molecule has 10 heteroatoms. The number of likely N-dealkylation sites (tertiary alicyclic amines) is 1. The molecule has 1 saturated heterocycles. The molecule has 2 aromatic rings. The predicted molar refractivity (Wildman–Crippen MR) is 102 cm³/mol. The van der Waals surface area contributed by atoms with Gasteiger partial charge < -0.3 is 15.0 Å². The number of nitrogens with one attached hydrogen (secondary N) is 2. The van der Waals surface area contributed by atoms with E-state index >= 15 is 0 Å². The van der Waals surface area contributed by atoms with Crippen LogP contribution in [-0.2, 0) is 4.79 Å². The van der Waals surface area contributed by atoms with Gasteiger partial charge in [-0.2, -0.15) is 18.3 Å². The molecule has 2 amide bonds. The van der Waals surface area contributed by atoms with Crippen LogP contribution in [0.25, 0.3) is 0 Å². The fourth-order valence-corrected chi connectivity index (χ4v) is 3.24. The Labute approximate surface area is 171 Å². The monoisotopic (exact) mass is 424 g/mol. The van der Waals surface area contributed by atoms with E-state index in [9.17, 15) is 22.8 Å². The molecule has 1 aliphatic heterocycles. The third-order valence-corrected chi connectivity index (χ3v) is 4.95. The van der Waals surface area contributed by atoms with Crippen LogP contribution in [0.5, 0.6) is 5.75 Å². The molecule has 1 aliphatic rings. The minimum Gasteiger partial charge on any atom is -0.484 e. The minimum absolute atomic E-state index is 0.0404. The Morgan fingerprint density at radius 1 is 1.23 bits per heavy atom. The number of halogens is 3. The molecule has 0 radical (unpaired) electrons. The first-order chi connectivity index (χ1) is 14.2. The summed E-state index contributed by atoms with van der Waals surface area (Å²) in [5.41, 5.74) is 1.70. The van der Waals surface area contributed by atoms with Crippen LogP contribution in [0.15, 0.2) is 30.3 Å². The van der Waals surface area contributed by atoms with Gasteiger partial charge >= 0.3 is 6.18 Å². The van der Waals surface area contributed by atoms with E-state index in [1.54, 1.807) is 10.2 Å². The fraction of sp³-hybridized carbons (Fsp3) is 0.450. The number of piperidine rings is 1. The van der Waals surface area contributed by atoms with Gasteiger partial charge in [-0.05, 0) is 38.0 Å². The number of aromatic nitrogens is 2. The molecule has 0 unspecified atom stereocenters. The van der Waals surface area contributed by atoms with E-state index in [1.807, 2.05) is 31.2 Å². The number of ether oxygens (including phenoxy) is 1. The van der Waals surface area contributed by atoms with E-state index in [-0.39, 0.29) is 24.1 Å². The van der Waals surface area contributed by atoms with Crippen LogP contribution >= 0.6 is 0 Å². The van der Waals surface area contributed by atoms with E-state index < -0.39 is 18.6 Å². The van der Waals surface area contributed by atoms with Crippen molar-refractivity contribution >= 4 is 11.8 Å². The maximum Gasteiger partial charge on any atom is 0.405 e. The second kappa shape index (κ2) is 9.19. The van der Waals surface area contributed by atoms with Crippen LogP contribution < -0.4 is 10.1 Å². The van der Waals surface area contributed by atoms with E-state index in [0.29, 0.717) is 37.4 Å². The number of amides is 2. The zero-order chi connectivity index (χ0) is 21.7. The molecule has 30 heavy (non-hydrogen) atoms. The first-order valence-corrected chi connectivity index (χ1v) is 9.59. The lowest BCUT2D eigenvalue weighted by molar-refractivity contribution is -0.134. The molecule has 1 aromatic heterocycles. The van der Waals surface area contributed by atoms with Crippen molar-refractivity contribution in [2.75, 3.05) is 26.2 Å². The van der Waals surface area contributed by atoms with Gasteiger partial charge in [0.2, 0.25) is 0 Å². The highest BCUT2D eigenvalue weighted by atomic mass is 19.4. The average Bonchev–Trinajstić information content (AvgIpc) is 3.21. The molecule has 0 spiro atoms. The molecule has 3 rings (SSSR count). The number of alkyl halides is 3. The Bertz CT molecular complexity index is 872. The van der Waals surface area contributed by atoms with Crippen LogP contribution in [0.1, 0.15) is 40.5 Å². The topological polar surface area (TPSA) is 87.3 Å². The van der Waals surface area contributed by atoms with E-state index in [2.05, 4.69) is 10.2 Å². The van der Waals surface area contributed by atoms with Crippen molar-refractivity contribution < 1.29 is 27.5 Å². The smallest absolute Gasteiger partial charge is 0.405 e. The molecule has 0 aliphatic carbocycles. The molecule has 1 fully saturated rings. The Hall–Kier alpha value is -3.04. The largest absolute Gasteiger partial charge is 0.484 e. The van der Waals surface area contributed by atoms with Crippen LogP contribution in [0.2, 0.25) is 0 Å². The molecule has 0 saturated carbocycles. The highest BCUT2D eigenvalue weighted by Gasteiger charge is 2.29. The van der Waals surface area contributed by atoms with Crippen LogP contribution in [0, 0.1) is 6.92 Å². The van der Waals surface area contributed by atoms with Crippen molar-refractivity contribution in [1.82, 2.24) is 20.4 Å². The first kappa shape index (κ1) is 21.7. The van der Waals surface area contributed by atoms with Crippen molar-refractivity contribution in [2.45, 2.75) is 31.9 Å². The number of hydrogen-bond acceptors (Lipinski definition) is 4. The zero-order valence-electron chi connectivity index (χ0n) is 16.5. The van der Waals surface area contributed by atoms with Crippen molar-refractivity contribution in [2.24, 2.45) is 0 Å². The van der Waals surface area contributed by atoms with Crippen molar-refractivity contribution in [3.8, 4) is 5.75 Å². The molecular weight excluding hydrogens is 401 g/mol. The number of nitrogens with zero attached hydrogens (tertiary/aromatic N) is 2. The van der Waals surface area contributed by atoms with Crippen LogP contribution in [0.4, 0.5) is 13.2 Å². The van der Waals surface area contributed by atoms with Crippen molar-refractivity contribution in [3.05, 3.63) is 47.3 Å². The summed E-state index contributed by atoms with van der Waals surface area (Å²) in [5.74, 6) is -0.303. The van der Waals surface area contributed by atoms with E-state index in [0.717, 1.165) is 5.56 Å². The number of H-pyrrole nitrogens is 1. The molecule has 0 atom stereocenters. The van der Waals surface area contributed by atoms with Crippen molar-refractivity contribution in [1.29, 1.82) is 0 Å². The molecule has 2 heterocycles. The number of rotatable bonds is 6. The molecule has 2 N–H and O–H groups in total. The van der Waals surface area contributed by atoms with Gasteiger partial charge in [-0.1, -0.05) is 17.7 Å². The van der Waals surface area contributed by atoms with Gasteiger partial charge in [-0.25, -0.2) is 0 Å². The summed E-state index contributed by atoms with van der Waals surface area (Å²) in [6.07, 6.45) is -3.17. The van der Waals surface area contributed by atoms with Gasteiger partial charge in [0.05, 0.1) is 0 Å². The molecule has 0 bridgehead atoms. The lowest BCUT2D eigenvalue weighted by Gasteiger charge is -2.31. The van der Waals surface area contributed by atoms with Crippen LogP contribution in [0.3, 0.4) is 0 Å². The SMILES string of the molecule is Cc1ccc(OCC(=O)N2CCC(c3cc(C(=O)NCC(F)(F)F)n[nH]3)CC2)cc1. The second-order valence-corrected chi connectivity index (χ2v) is 7.26. The molecule has 1 aromatic carbocycles. The highest BCUT2D eigenvalue weighted by molar-refractivity contribution is 5.92. The number of benzene rings is 1. The van der Waals surface area contributed by atoms with Crippen LogP contribution in [-0.4, -0.2) is 59.3 Å². The average molecular weight is 424 g/mol. The molecular formula is C20H23F3N4O3. The molecule has 162 valence electrons. The Morgan fingerprint density at radius 3 is 2.53 bits per heavy atom. The summed E-state index contributed by atoms with van der Waals surface area (Å²) in [6.45, 7) is 1.57. The maximum atomic E-state index is 12.4. The Kier molecular flexibility index (Phi) is 6.63. The number of carbonyl (C=O) groups excluding carboxylic acids is 2. The van der Waals surface area contributed by atoms with Crippen molar-refractivity contribution in [3.63, 3.8) is 0 Å². The minimum atomic E-state index is -4.47. The number of aromatic amines is 1. The van der Waals surface area contributed by atoms with E-state index in [1.165, 1.54) is 6.07 Å². The number of carbonyl (C=O) groups is 2. The zero-order valence-corrected chi connectivity index (χ0v) is 16.5. The van der Waals surface area contributed by atoms with Gasteiger partial charge in [-0.3, -0.25) is 14.7 Å². The summed E-state index contributed by atoms with van der Waals surface area (Å²) in [7, 11) is 0. The number of aryl methyl sites for hydroxylation is 1.